The topological polar surface area (TPSA) is 125 Å². The van der Waals surface area contributed by atoms with E-state index in [1.807, 2.05) is 4.72 Å². The van der Waals surface area contributed by atoms with Crippen LogP contribution in [0.1, 0.15) is 44.9 Å². The Bertz CT molecular complexity index is 776. The minimum atomic E-state index is -4.14. The van der Waals surface area contributed by atoms with Crippen molar-refractivity contribution in [3.8, 4) is 0 Å². The summed E-state index contributed by atoms with van der Waals surface area (Å²) in [5.74, 6) is -0.732. The number of fused-ring (bicyclic) bond motifs is 1. The number of hydrogen-bond donors (Lipinski definition) is 3. The van der Waals surface area contributed by atoms with Crippen LogP contribution in [0.5, 0.6) is 0 Å². The summed E-state index contributed by atoms with van der Waals surface area (Å²) in [4.78, 5) is 23.5. The molecule has 4 aliphatic rings. The molecule has 6 atom stereocenters. The second-order valence-corrected chi connectivity index (χ2v) is 10.7. The van der Waals surface area contributed by atoms with Crippen molar-refractivity contribution in [3.05, 3.63) is 0 Å². The van der Waals surface area contributed by atoms with Crippen molar-refractivity contribution < 1.29 is 32.2 Å². The second-order valence-electron chi connectivity index (χ2n) is 9.07. The third-order valence-corrected chi connectivity index (χ3v) is 8.35. The molecule has 0 aromatic heterocycles. The lowest BCUT2D eigenvalue weighted by atomic mass is 9.66. The molecule has 0 aromatic rings. The highest BCUT2D eigenvalue weighted by atomic mass is 32.2. The van der Waals surface area contributed by atoms with Crippen LogP contribution in [0, 0.1) is 17.8 Å². The van der Waals surface area contributed by atoms with E-state index < -0.39 is 46.9 Å². The summed E-state index contributed by atoms with van der Waals surface area (Å²) in [6.45, 7) is 0.0862. The summed E-state index contributed by atoms with van der Waals surface area (Å²) >= 11 is 0. The van der Waals surface area contributed by atoms with Crippen LogP contribution in [0.4, 0.5) is 4.39 Å². The second kappa shape index (κ2) is 8.68. The first-order valence-corrected chi connectivity index (χ1v) is 12.2. The molecule has 0 radical (unpaired) electrons. The van der Waals surface area contributed by atoms with E-state index in [1.165, 1.54) is 12.8 Å². The van der Waals surface area contributed by atoms with Crippen molar-refractivity contribution in [2.75, 3.05) is 19.7 Å². The van der Waals surface area contributed by atoms with Crippen molar-refractivity contribution in [2.24, 2.45) is 17.8 Å². The summed E-state index contributed by atoms with van der Waals surface area (Å²) in [5.41, 5.74) is 0. The maximum Gasteiger partial charge on any atom is 0.304 e. The molecule has 0 spiro atoms. The molecular formula is C19H30FN3O6S. The van der Waals surface area contributed by atoms with Gasteiger partial charge in [0, 0.05) is 6.54 Å². The van der Waals surface area contributed by atoms with Crippen LogP contribution in [0.25, 0.3) is 0 Å². The van der Waals surface area contributed by atoms with Gasteiger partial charge in [0.15, 0.2) is 0 Å². The van der Waals surface area contributed by atoms with E-state index in [0.29, 0.717) is 25.8 Å². The average Bonchev–Trinajstić information content (AvgIpc) is 3.45. The molecular weight excluding hydrogens is 417 g/mol. The van der Waals surface area contributed by atoms with Gasteiger partial charge in [0.05, 0.1) is 24.8 Å². The fourth-order valence-corrected chi connectivity index (χ4v) is 6.46. The Morgan fingerprint density at radius 2 is 2.03 bits per heavy atom. The van der Waals surface area contributed by atoms with Crippen molar-refractivity contribution >= 4 is 22.0 Å². The summed E-state index contributed by atoms with van der Waals surface area (Å²) in [7, 11) is -4.14. The average molecular weight is 448 g/mol. The largest absolute Gasteiger partial charge is 0.391 e. The first kappa shape index (κ1) is 21.9. The first-order valence-electron chi connectivity index (χ1n) is 10.8. The Balaban J connectivity index is 1.32. The Kier molecular flexibility index (Phi) is 6.34. The molecule has 9 nitrogen and oxygen atoms in total. The van der Waals surface area contributed by atoms with Gasteiger partial charge in [-0.05, 0) is 49.9 Å². The quantitative estimate of drug-likeness (QED) is 0.499. The Morgan fingerprint density at radius 1 is 1.27 bits per heavy atom. The van der Waals surface area contributed by atoms with Crippen LogP contribution in [-0.2, 0) is 24.5 Å². The monoisotopic (exact) mass is 447 g/mol. The van der Waals surface area contributed by atoms with Gasteiger partial charge < -0.3 is 15.2 Å². The third-order valence-electron chi connectivity index (χ3n) is 6.88. The van der Waals surface area contributed by atoms with Crippen molar-refractivity contribution in [1.82, 2.24) is 14.3 Å². The molecule has 3 N–H and O–H groups in total. The molecule has 3 saturated carbocycles. The van der Waals surface area contributed by atoms with E-state index in [4.69, 9.17) is 4.74 Å². The van der Waals surface area contributed by atoms with Crippen molar-refractivity contribution in [2.45, 2.75) is 69.4 Å². The molecule has 6 unspecified atom stereocenters. The number of ether oxygens (including phenoxy) is 1. The summed E-state index contributed by atoms with van der Waals surface area (Å²) < 4.78 is 48.0. The fourth-order valence-electron chi connectivity index (χ4n) is 5.12. The number of amides is 2. The zero-order chi connectivity index (χ0) is 21.5. The summed E-state index contributed by atoms with van der Waals surface area (Å²) in [6, 6.07) is -1.29. The van der Waals surface area contributed by atoms with Gasteiger partial charge in [-0.15, -0.1) is 0 Å². The van der Waals surface area contributed by atoms with Gasteiger partial charge in [-0.1, -0.05) is 12.8 Å². The predicted octanol–water partition coefficient (Wildman–Crippen LogP) is -0.148. The maximum absolute atomic E-state index is 15.4. The zero-order valence-electron chi connectivity index (χ0n) is 16.8. The number of carbonyl (C=O) groups is 2. The molecule has 4 fully saturated rings. The molecule has 0 bridgehead atoms. The Morgan fingerprint density at radius 3 is 2.70 bits per heavy atom. The highest BCUT2D eigenvalue weighted by molar-refractivity contribution is 7.88. The van der Waals surface area contributed by atoms with Gasteiger partial charge in [-0.3, -0.25) is 9.59 Å². The summed E-state index contributed by atoms with van der Waals surface area (Å²) in [5, 5.41) is 13.3. The highest BCUT2D eigenvalue weighted by Gasteiger charge is 2.53. The normalized spacial score (nSPS) is 38.7. The number of nitrogens with zero attached hydrogens (tertiary/aromatic N) is 1. The van der Waals surface area contributed by atoms with E-state index in [-0.39, 0.29) is 31.0 Å². The lowest BCUT2D eigenvalue weighted by molar-refractivity contribution is -0.131. The molecule has 170 valence electrons. The van der Waals surface area contributed by atoms with Crippen LogP contribution in [0.2, 0.25) is 0 Å². The number of aliphatic hydroxyl groups is 1. The Hall–Kier alpha value is -1.30. The van der Waals surface area contributed by atoms with Crippen LogP contribution in [-0.4, -0.2) is 73.8 Å². The molecule has 1 aliphatic heterocycles. The van der Waals surface area contributed by atoms with Gasteiger partial charge in [0.2, 0.25) is 11.8 Å². The number of carbonyl (C=O) groups excluding carboxylic acids is 2. The highest BCUT2D eigenvalue weighted by Crippen LogP contribution is 2.45. The van der Waals surface area contributed by atoms with E-state index in [1.54, 1.807) is 0 Å². The number of hydrogen-bond acceptors (Lipinski definition) is 6. The number of nitrogens with one attached hydrogen (secondary N) is 2. The predicted molar refractivity (Wildman–Crippen MR) is 104 cm³/mol. The number of halogens is 1. The standard InChI is InChI=1S/C19H30FN3O6S/c20-18-14-8-13(29-10-17(26)21-6-5-11-1-2-11)4-3-12(14)7-15(24)19(18)23-9-16(25)22-30(23,27)28/h11-15,18-19,24H,1-10H2,(H,21,26)(H,22,25). The third kappa shape index (κ3) is 4.79. The van der Waals surface area contributed by atoms with Crippen LogP contribution in [0.15, 0.2) is 0 Å². The maximum atomic E-state index is 15.4. The van der Waals surface area contributed by atoms with Crippen molar-refractivity contribution in [1.29, 1.82) is 0 Å². The summed E-state index contributed by atoms with van der Waals surface area (Å²) in [6.07, 6.45) is 2.35. The number of aliphatic hydroxyl groups excluding tert-OH is 1. The van der Waals surface area contributed by atoms with E-state index >= 15 is 4.39 Å². The van der Waals surface area contributed by atoms with Crippen molar-refractivity contribution in [3.63, 3.8) is 0 Å². The molecule has 3 aliphatic carbocycles. The molecule has 1 heterocycles. The minimum Gasteiger partial charge on any atom is -0.391 e. The van der Waals surface area contributed by atoms with Gasteiger partial charge in [-0.25, -0.2) is 9.11 Å². The molecule has 1 saturated heterocycles. The zero-order valence-corrected chi connectivity index (χ0v) is 17.7. The van der Waals surface area contributed by atoms with Crippen LogP contribution >= 0.6 is 0 Å². The lowest BCUT2D eigenvalue weighted by Crippen LogP contribution is -2.59. The molecule has 30 heavy (non-hydrogen) atoms. The Labute approximate surface area is 175 Å². The SMILES string of the molecule is O=C(COC1CCC2CC(O)C(N3CC(=O)NS3(=O)=O)C(F)C2C1)NCCC1CC1. The minimum absolute atomic E-state index is 0.0747. The van der Waals surface area contributed by atoms with Gasteiger partial charge >= 0.3 is 10.2 Å². The first-order chi connectivity index (χ1) is 14.2. The smallest absolute Gasteiger partial charge is 0.304 e. The molecule has 11 heteroatoms. The van der Waals surface area contributed by atoms with E-state index in [0.717, 1.165) is 16.6 Å². The fraction of sp³-hybridized carbons (Fsp3) is 0.895. The number of rotatable bonds is 7. The van der Waals surface area contributed by atoms with E-state index in [2.05, 4.69) is 5.32 Å². The molecule has 4 rings (SSSR count). The van der Waals surface area contributed by atoms with Gasteiger partial charge in [-0.2, -0.15) is 12.7 Å². The number of alkyl halides is 1. The lowest BCUT2D eigenvalue weighted by Gasteiger charge is -2.47. The van der Waals surface area contributed by atoms with E-state index in [9.17, 15) is 23.1 Å². The van der Waals surface area contributed by atoms with Gasteiger partial charge in [0.1, 0.15) is 12.8 Å². The van der Waals surface area contributed by atoms with Gasteiger partial charge in [0.25, 0.3) is 0 Å². The molecule has 0 aromatic carbocycles. The van der Waals surface area contributed by atoms with Crippen LogP contribution in [0.3, 0.4) is 0 Å². The van der Waals surface area contributed by atoms with Crippen LogP contribution < -0.4 is 10.0 Å². The molecule has 2 amide bonds.